The van der Waals surface area contributed by atoms with Gasteiger partial charge in [0, 0.05) is 31.4 Å². The fourth-order valence-corrected chi connectivity index (χ4v) is 3.30. The molecule has 0 spiro atoms. The molecule has 1 fully saturated rings. The van der Waals surface area contributed by atoms with Gasteiger partial charge < -0.3 is 24.4 Å². The number of methoxy groups -OCH3 is 2. The molecule has 0 aliphatic carbocycles. The number of hydrogen-bond donors (Lipinski definition) is 1. The maximum absolute atomic E-state index is 9.77. The first kappa shape index (κ1) is 19.0. The van der Waals surface area contributed by atoms with E-state index >= 15 is 0 Å². The van der Waals surface area contributed by atoms with Crippen molar-refractivity contribution in [2.45, 2.75) is 39.0 Å². The molecule has 1 saturated heterocycles. The summed E-state index contributed by atoms with van der Waals surface area (Å²) in [5.41, 5.74) is 0. The van der Waals surface area contributed by atoms with Crippen LogP contribution in [-0.2, 0) is 0 Å². The van der Waals surface area contributed by atoms with Crippen LogP contribution in [0.1, 0.15) is 32.7 Å². The van der Waals surface area contributed by atoms with Crippen LogP contribution in [0.4, 0.5) is 11.8 Å². The Kier molecular flexibility index (Phi) is 5.54. The van der Waals surface area contributed by atoms with Crippen molar-refractivity contribution in [3.8, 4) is 12.0 Å². The molecule has 2 aromatic heterocycles. The molecule has 0 saturated carbocycles. The van der Waals surface area contributed by atoms with Gasteiger partial charge in [0.2, 0.25) is 5.95 Å². The average Bonchev–Trinajstić information content (AvgIpc) is 2.67. The van der Waals surface area contributed by atoms with Gasteiger partial charge in [0.15, 0.2) is 5.82 Å². The van der Waals surface area contributed by atoms with Crippen LogP contribution in [0.3, 0.4) is 0 Å². The van der Waals surface area contributed by atoms with E-state index in [1.54, 1.807) is 13.1 Å². The minimum Gasteiger partial charge on any atom is -0.467 e. The minimum atomic E-state index is -0.706. The minimum absolute atomic E-state index is 0.138. The second-order valence-electron chi connectivity index (χ2n) is 6.57. The molecule has 3 rings (SSSR count). The summed E-state index contributed by atoms with van der Waals surface area (Å²) in [7, 11) is 3.02. The Balaban J connectivity index is 1.84. The smallest absolute Gasteiger partial charge is 0.324 e. The number of hydrogen-bond acceptors (Lipinski definition) is 10. The highest BCUT2D eigenvalue weighted by molar-refractivity contribution is 5.45. The van der Waals surface area contributed by atoms with Crippen LogP contribution in [0, 0.1) is 0 Å². The molecule has 10 heteroatoms. The van der Waals surface area contributed by atoms with Crippen molar-refractivity contribution in [3.05, 3.63) is 18.1 Å². The fraction of sp³-hybridized carbons (Fsp3) is 0.588. The maximum atomic E-state index is 9.77. The summed E-state index contributed by atoms with van der Waals surface area (Å²) in [6.07, 6.45) is 0.972. The summed E-state index contributed by atoms with van der Waals surface area (Å²) in [5.74, 6) is 1.73. The molecular formula is C17H25N7O3. The number of aliphatic hydroxyl groups excluding tert-OH is 1. The van der Waals surface area contributed by atoms with Gasteiger partial charge in [-0.1, -0.05) is 0 Å². The molecule has 3 heterocycles. The van der Waals surface area contributed by atoms with E-state index in [0.717, 1.165) is 5.82 Å². The number of nitrogens with zero attached hydrogens (tertiary/aromatic N) is 7. The van der Waals surface area contributed by atoms with Crippen molar-refractivity contribution in [3.63, 3.8) is 0 Å². The molecule has 1 aliphatic rings. The summed E-state index contributed by atoms with van der Waals surface area (Å²) in [6, 6.07) is 2.58. The van der Waals surface area contributed by atoms with Crippen molar-refractivity contribution in [2.24, 2.45) is 0 Å². The molecule has 146 valence electrons. The molecule has 0 unspecified atom stereocenters. The first-order chi connectivity index (χ1) is 12.9. The molecule has 1 N–H and O–H groups in total. The van der Waals surface area contributed by atoms with Crippen LogP contribution in [-0.4, -0.2) is 69.4 Å². The topological polar surface area (TPSA) is 110 Å². The quantitative estimate of drug-likeness (QED) is 0.807. The summed E-state index contributed by atoms with van der Waals surface area (Å²) < 4.78 is 10.3. The Hall–Kier alpha value is -2.75. The SMILES string of the molecule is COc1nc(OC)nc(N2C[C@@H](C)N(c3ccnc([C@@H](C)O)n3)[C@@H](C)C2)n1. The van der Waals surface area contributed by atoms with E-state index in [9.17, 15) is 5.11 Å². The highest BCUT2D eigenvalue weighted by Gasteiger charge is 2.32. The van der Waals surface area contributed by atoms with Gasteiger partial charge in [-0.3, -0.25) is 0 Å². The molecule has 27 heavy (non-hydrogen) atoms. The number of aromatic nitrogens is 5. The largest absolute Gasteiger partial charge is 0.467 e. The number of ether oxygens (including phenoxy) is 2. The maximum Gasteiger partial charge on any atom is 0.324 e. The molecule has 0 bridgehead atoms. The second kappa shape index (κ2) is 7.87. The van der Waals surface area contributed by atoms with Crippen molar-refractivity contribution >= 4 is 11.8 Å². The zero-order valence-electron chi connectivity index (χ0n) is 16.2. The lowest BCUT2D eigenvalue weighted by Gasteiger charge is -2.45. The third kappa shape index (κ3) is 4.00. The molecule has 0 radical (unpaired) electrons. The standard InChI is InChI=1S/C17H25N7O3/c1-10-8-23(15-20-16(26-4)22-17(21-15)27-5)9-11(2)24(10)13-6-7-18-14(19-13)12(3)25/h6-7,10-12,25H,8-9H2,1-5H3/t10-,11+,12-/m1/s1. The Morgan fingerprint density at radius 3 is 2.15 bits per heavy atom. The first-order valence-electron chi connectivity index (χ1n) is 8.81. The Morgan fingerprint density at radius 1 is 1.04 bits per heavy atom. The van der Waals surface area contributed by atoms with Crippen molar-refractivity contribution < 1.29 is 14.6 Å². The van der Waals surface area contributed by atoms with E-state index < -0.39 is 6.10 Å². The van der Waals surface area contributed by atoms with Crippen LogP contribution < -0.4 is 19.3 Å². The molecule has 2 aromatic rings. The summed E-state index contributed by atoms with van der Waals surface area (Å²) in [6.45, 7) is 7.26. The van der Waals surface area contributed by atoms with Crippen molar-refractivity contribution in [1.82, 2.24) is 24.9 Å². The van der Waals surface area contributed by atoms with Crippen LogP contribution in [0.25, 0.3) is 0 Å². The van der Waals surface area contributed by atoms with E-state index in [4.69, 9.17) is 9.47 Å². The predicted molar refractivity (Wildman–Crippen MR) is 99.2 cm³/mol. The monoisotopic (exact) mass is 375 g/mol. The molecule has 1 aliphatic heterocycles. The molecule has 10 nitrogen and oxygen atoms in total. The van der Waals surface area contributed by atoms with E-state index in [2.05, 4.69) is 48.6 Å². The van der Waals surface area contributed by atoms with Gasteiger partial charge in [-0.2, -0.15) is 9.97 Å². The van der Waals surface area contributed by atoms with Gasteiger partial charge in [-0.05, 0) is 26.8 Å². The Labute approximate surface area is 158 Å². The second-order valence-corrected chi connectivity index (χ2v) is 6.57. The van der Waals surface area contributed by atoms with E-state index in [1.165, 1.54) is 14.2 Å². The zero-order chi connectivity index (χ0) is 19.6. The van der Waals surface area contributed by atoms with Gasteiger partial charge in [0.25, 0.3) is 0 Å². The van der Waals surface area contributed by atoms with Crippen LogP contribution >= 0.6 is 0 Å². The summed E-state index contributed by atoms with van der Waals surface area (Å²) >= 11 is 0. The van der Waals surface area contributed by atoms with Crippen LogP contribution in [0.2, 0.25) is 0 Å². The molecule has 0 aromatic carbocycles. The van der Waals surface area contributed by atoms with Crippen LogP contribution in [0.5, 0.6) is 12.0 Å². The predicted octanol–water partition coefficient (Wildman–Crippen LogP) is 0.836. The molecule has 0 amide bonds. The average molecular weight is 375 g/mol. The normalized spacial score (nSPS) is 21.1. The van der Waals surface area contributed by atoms with Gasteiger partial charge >= 0.3 is 12.0 Å². The third-order valence-corrected chi connectivity index (χ3v) is 4.45. The number of aliphatic hydroxyl groups is 1. The highest BCUT2D eigenvalue weighted by atomic mass is 16.5. The third-order valence-electron chi connectivity index (χ3n) is 4.45. The summed E-state index contributed by atoms with van der Waals surface area (Å²) in [4.78, 5) is 25.7. The van der Waals surface area contributed by atoms with E-state index in [0.29, 0.717) is 24.9 Å². The van der Waals surface area contributed by atoms with Crippen molar-refractivity contribution in [2.75, 3.05) is 37.1 Å². The van der Waals surface area contributed by atoms with Gasteiger partial charge in [-0.15, -0.1) is 4.98 Å². The van der Waals surface area contributed by atoms with Crippen molar-refractivity contribution in [1.29, 1.82) is 0 Å². The van der Waals surface area contributed by atoms with Crippen LogP contribution in [0.15, 0.2) is 12.3 Å². The Bertz CT molecular complexity index is 755. The molecule has 3 atom stereocenters. The number of rotatable bonds is 5. The highest BCUT2D eigenvalue weighted by Crippen LogP contribution is 2.26. The lowest BCUT2D eigenvalue weighted by atomic mass is 10.1. The lowest BCUT2D eigenvalue weighted by molar-refractivity contribution is 0.189. The van der Waals surface area contributed by atoms with Gasteiger partial charge in [-0.25, -0.2) is 9.97 Å². The van der Waals surface area contributed by atoms with E-state index in [1.807, 2.05) is 6.07 Å². The molecular weight excluding hydrogens is 350 g/mol. The first-order valence-corrected chi connectivity index (χ1v) is 8.81. The number of anilines is 2. The Morgan fingerprint density at radius 2 is 1.63 bits per heavy atom. The van der Waals surface area contributed by atoms with Gasteiger partial charge in [0.1, 0.15) is 11.9 Å². The summed E-state index contributed by atoms with van der Waals surface area (Å²) in [5, 5.41) is 9.77. The lowest BCUT2D eigenvalue weighted by Crippen LogP contribution is -2.57. The van der Waals surface area contributed by atoms with E-state index in [-0.39, 0.29) is 24.1 Å². The zero-order valence-corrected chi connectivity index (χ0v) is 16.2. The number of piperazine rings is 1. The fourth-order valence-electron chi connectivity index (χ4n) is 3.30. The van der Waals surface area contributed by atoms with Gasteiger partial charge in [0.05, 0.1) is 14.2 Å².